The monoisotopic (exact) mass is 159 g/mol. The molecular formula is C8H17NO2. The summed E-state index contributed by atoms with van der Waals surface area (Å²) in [6.07, 6.45) is 0.837. The second kappa shape index (κ2) is 5.13. The highest BCUT2D eigenvalue weighted by Crippen LogP contribution is 1.99. The fourth-order valence-electron chi connectivity index (χ4n) is 0.616. The van der Waals surface area contributed by atoms with Gasteiger partial charge in [-0.3, -0.25) is 4.79 Å². The summed E-state index contributed by atoms with van der Waals surface area (Å²) in [5.41, 5.74) is 0. The van der Waals surface area contributed by atoms with Crippen LogP contribution in [-0.4, -0.2) is 23.7 Å². The third kappa shape index (κ3) is 3.98. The Bertz CT molecular complexity index is 125. The van der Waals surface area contributed by atoms with Crippen LogP contribution in [-0.2, 0) is 4.79 Å². The van der Waals surface area contributed by atoms with Crippen LogP contribution in [0.5, 0.6) is 0 Å². The van der Waals surface area contributed by atoms with E-state index in [0.29, 0.717) is 0 Å². The Hall–Kier alpha value is -0.570. The van der Waals surface area contributed by atoms with Crippen molar-refractivity contribution in [1.82, 2.24) is 5.32 Å². The first-order valence-corrected chi connectivity index (χ1v) is 4.03. The van der Waals surface area contributed by atoms with Gasteiger partial charge in [-0.2, -0.15) is 0 Å². The molecule has 0 aliphatic rings. The molecule has 3 nitrogen and oxygen atoms in total. The van der Waals surface area contributed by atoms with Crippen LogP contribution in [0.3, 0.4) is 0 Å². The summed E-state index contributed by atoms with van der Waals surface area (Å²) in [5.74, 6) is 0.0676. The summed E-state index contributed by atoms with van der Waals surface area (Å²) < 4.78 is 0. The molecule has 11 heavy (non-hydrogen) atoms. The van der Waals surface area contributed by atoms with Crippen LogP contribution in [0.1, 0.15) is 27.2 Å². The van der Waals surface area contributed by atoms with Crippen LogP contribution in [0, 0.1) is 5.92 Å². The molecule has 2 N–H and O–H groups in total. The van der Waals surface area contributed by atoms with Crippen molar-refractivity contribution in [2.45, 2.75) is 33.2 Å². The second-order valence-corrected chi connectivity index (χ2v) is 2.90. The molecule has 0 aliphatic carbocycles. The molecule has 0 bridgehead atoms. The summed E-state index contributed by atoms with van der Waals surface area (Å²) in [6, 6.07) is -0.128. The third-order valence-corrected chi connectivity index (χ3v) is 1.72. The molecule has 2 atom stereocenters. The molecule has 0 aromatic heterocycles. The molecule has 0 saturated carbocycles. The molecule has 0 aliphatic heterocycles. The van der Waals surface area contributed by atoms with Gasteiger partial charge in [-0.15, -0.1) is 0 Å². The van der Waals surface area contributed by atoms with E-state index in [0.717, 1.165) is 6.42 Å². The standard InChI is InChI=1S/C8H17NO2/c1-4-6(2)8(11)9-7(3)5-10/h6-7,10H,4-5H2,1-3H3,(H,9,11)/t6-,7-/m1/s1. The van der Waals surface area contributed by atoms with Crippen LogP contribution in [0.15, 0.2) is 0 Å². The molecule has 0 rings (SSSR count). The topological polar surface area (TPSA) is 49.3 Å². The van der Waals surface area contributed by atoms with Gasteiger partial charge in [-0.25, -0.2) is 0 Å². The molecule has 0 saturated heterocycles. The largest absolute Gasteiger partial charge is 0.394 e. The quantitative estimate of drug-likeness (QED) is 0.628. The van der Waals surface area contributed by atoms with Crippen molar-refractivity contribution in [1.29, 1.82) is 0 Å². The molecule has 0 unspecified atom stereocenters. The van der Waals surface area contributed by atoms with Crippen molar-refractivity contribution in [2.24, 2.45) is 5.92 Å². The molecule has 0 radical (unpaired) electrons. The molecule has 0 fully saturated rings. The van der Waals surface area contributed by atoms with E-state index in [2.05, 4.69) is 5.32 Å². The number of rotatable bonds is 4. The number of carbonyl (C=O) groups excluding carboxylic acids is 1. The summed E-state index contributed by atoms with van der Waals surface area (Å²) in [4.78, 5) is 11.1. The highest BCUT2D eigenvalue weighted by atomic mass is 16.3. The maximum Gasteiger partial charge on any atom is 0.223 e. The Labute approximate surface area is 67.8 Å². The minimum atomic E-state index is -0.128. The Morgan fingerprint density at radius 3 is 2.45 bits per heavy atom. The van der Waals surface area contributed by atoms with Crippen LogP contribution >= 0.6 is 0 Å². The fourth-order valence-corrected chi connectivity index (χ4v) is 0.616. The Morgan fingerprint density at radius 2 is 2.09 bits per heavy atom. The van der Waals surface area contributed by atoms with Gasteiger partial charge in [0.1, 0.15) is 0 Å². The number of aliphatic hydroxyl groups excluding tert-OH is 1. The Balaban J connectivity index is 3.68. The Morgan fingerprint density at radius 1 is 1.55 bits per heavy atom. The molecule has 3 heteroatoms. The van der Waals surface area contributed by atoms with Crippen molar-refractivity contribution in [3.05, 3.63) is 0 Å². The number of amides is 1. The van der Waals surface area contributed by atoms with Gasteiger partial charge in [-0.1, -0.05) is 13.8 Å². The molecule has 0 aromatic rings. The number of nitrogens with one attached hydrogen (secondary N) is 1. The molecule has 66 valence electrons. The number of hydrogen-bond acceptors (Lipinski definition) is 2. The zero-order valence-electron chi connectivity index (χ0n) is 7.42. The van der Waals surface area contributed by atoms with Gasteiger partial charge >= 0.3 is 0 Å². The van der Waals surface area contributed by atoms with Crippen molar-refractivity contribution in [2.75, 3.05) is 6.61 Å². The Kier molecular flexibility index (Phi) is 4.86. The number of carbonyl (C=O) groups is 1. The molecule has 1 amide bonds. The fraction of sp³-hybridized carbons (Fsp3) is 0.875. The highest BCUT2D eigenvalue weighted by molar-refractivity contribution is 5.78. The van der Waals surface area contributed by atoms with Gasteiger partial charge in [0.25, 0.3) is 0 Å². The second-order valence-electron chi connectivity index (χ2n) is 2.90. The minimum Gasteiger partial charge on any atom is -0.394 e. The normalized spacial score (nSPS) is 15.6. The van der Waals surface area contributed by atoms with E-state index in [9.17, 15) is 4.79 Å². The number of aliphatic hydroxyl groups is 1. The average molecular weight is 159 g/mol. The lowest BCUT2D eigenvalue weighted by Crippen LogP contribution is -2.38. The summed E-state index contributed by atoms with van der Waals surface area (Å²) >= 11 is 0. The van der Waals surface area contributed by atoms with Gasteiger partial charge in [0.05, 0.1) is 6.61 Å². The van der Waals surface area contributed by atoms with E-state index in [1.807, 2.05) is 13.8 Å². The zero-order chi connectivity index (χ0) is 8.85. The lowest BCUT2D eigenvalue weighted by atomic mass is 10.1. The van der Waals surface area contributed by atoms with E-state index in [1.165, 1.54) is 0 Å². The predicted molar refractivity (Wildman–Crippen MR) is 44.1 cm³/mol. The first-order valence-electron chi connectivity index (χ1n) is 4.03. The van der Waals surface area contributed by atoms with Crippen LogP contribution in [0.25, 0.3) is 0 Å². The maximum absolute atomic E-state index is 11.1. The molecule has 0 aromatic carbocycles. The van der Waals surface area contributed by atoms with E-state index < -0.39 is 0 Å². The maximum atomic E-state index is 11.1. The van der Waals surface area contributed by atoms with Crippen molar-refractivity contribution >= 4 is 5.91 Å². The predicted octanol–water partition coefficient (Wildman–Crippen LogP) is 0.529. The first kappa shape index (κ1) is 10.4. The smallest absolute Gasteiger partial charge is 0.223 e. The van der Waals surface area contributed by atoms with E-state index >= 15 is 0 Å². The zero-order valence-corrected chi connectivity index (χ0v) is 7.42. The van der Waals surface area contributed by atoms with Gasteiger partial charge in [0.2, 0.25) is 5.91 Å². The van der Waals surface area contributed by atoms with Crippen LogP contribution in [0.4, 0.5) is 0 Å². The third-order valence-electron chi connectivity index (χ3n) is 1.72. The summed E-state index contributed by atoms with van der Waals surface area (Å²) in [7, 11) is 0. The minimum absolute atomic E-state index is 0.00216. The lowest BCUT2D eigenvalue weighted by molar-refractivity contribution is -0.125. The SMILES string of the molecule is CC[C@@H](C)C(=O)N[C@H](C)CO. The van der Waals surface area contributed by atoms with Crippen molar-refractivity contribution in [3.8, 4) is 0 Å². The van der Waals surface area contributed by atoms with Crippen molar-refractivity contribution < 1.29 is 9.90 Å². The molecular weight excluding hydrogens is 142 g/mol. The van der Waals surface area contributed by atoms with Crippen LogP contribution < -0.4 is 5.32 Å². The molecule has 0 heterocycles. The van der Waals surface area contributed by atoms with Crippen LogP contribution in [0.2, 0.25) is 0 Å². The van der Waals surface area contributed by atoms with Gasteiger partial charge < -0.3 is 10.4 Å². The highest BCUT2D eigenvalue weighted by Gasteiger charge is 2.11. The van der Waals surface area contributed by atoms with Gasteiger partial charge in [-0.05, 0) is 13.3 Å². The van der Waals surface area contributed by atoms with Gasteiger partial charge in [0, 0.05) is 12.0 Å². The van der Waals surface area contributed by atoms with Crippen molar-refractivity contribution in [3.63, 3.8) is 0 Å². The first-order chi connectivity index (χ1) is 5.11. The lowest BCUT2D eigenvalue weighted by Gasteiger charge is -2.13. The van der Waals surface area contributed by atoms with Gasteiger partial charge in [0.15, 0.2) is 0 Å². The van der Waals surface area contributed by atoms with E-state index in [1.54, 1.807) is 6.92 Å². The van der Waals surface area contributed by atoms with E-state index in [4.69, 9.17) is 5.11 Å². The average Bonchev–Trinajstić information content (AvgIpc) is 2.02. The van der Waals surface area contributed by atoms with E-state index in [-0.39, 0.29) is 24.5 Å². The summed E-state index contributed by atoms with van der Waals surface area (Å²) in [5, 5.41) is 11.3. The summed E-state index contributed by atoms with van der Waals surface area (Å²) in [6.45, 7) is 5.62. The molecule has 0 spiro atoms. The number of hydrogen-bond donors (Lipinski definition) is 2.